The zero-order valence-electron chi connectivity index (χ0n) is 48.1. The van der Waals surface area contributed by atoms with Crippen LogP contribution in [-0.4, -0.2) is 68.8 Å². The lowest BCUT2D eigenvalue weighted by molar-refractivity contribution is -0.116. The van der Waals surface area contributed by atoms with Gasteiger partial charge in [0.25, 0.3) is 0 Å². The maximum Gasteiger partial charge on any atom is 0.337 e. The van der Waals surface area contributed by atoms with Gasteiger partial charge in [-0.25, -0.2) is 14.4 Å². The molecule has 9 heterocycles. The highest BCUT2D eigenvalue weighted by Gasteiger charge is 2.34. The van der Waals surface area contributed by atoms with Crippen molar-refractivity contribution in [3.8, 4) is 33.9 Å². The van der Waals surface area contributed by atoms with Gasteiger partial charge in [-0.2, -0.15) is 0 Å². The van der Waals surface area contributed by atoms with Crippen LogP contribution in [0.15, 0.2) is 120 Å². The normalized spacial score (nSPS) is 16.6. The van der Waals surface area contributed by atoms with E-state index in [9.17, 15) is 19.2 Å². The number of ether oxygens (including phenoxy) is 3. The first-order valence-electron chi connectivity index (χ1n) is 30.1. The molecular weight excluding hydrogens is 1050 g/mol. The lowest BCUT2D eigenvalue weighted by atomic mass is 9.81. The number of methoxy groups -OCH3 is 3. The number of furan rings is 1. The molecule has 9 aromatic rings. The van der Waals surface area contributed by atoms with E-state index in [1.165, 1.54) is 149 Å². The lowest BCUT2D eigenvalue weighted by Gasteiger charge is -2.23. The summed E-state index contributed by atoms with van der Waals surface area (Å²) in [6.45, 7) is 1.74. The van der Waals surface area contributed by atoms with Gasteiger partial charge in [-0.3, -0.25) is 14.8 Å². The van der Waals surface area contributed by atoms with Crippen LogP contribution >= 0.6 is 0 Å². The minimum Gasteiger partial charge on any atom is -0.465 e. The molecule has 0 bridgehead atoms. The fraction of sp³-hybridized carbons (Fsp3) is 0.343. The number of hydrogen-bond acceptors (Lipinski definition) is 10. The van der Waals surface area contributed by atoms with Crippen LogP contribution < -0.4 is 5.32 Å². The summed E-state index contributed by atoms with van der Waals surface area (Å²) < 4.78 is 27.3. The summed E-state index contributed by atoms with van der Waals surface area (Å²) in [5.74, 6) is 1.41. The van der Waals surface area contributed by atoms with Crippen molar-refractivity contribution in [2.24, 2.45) is 0 Å². The van der Waals surface area contributed by atoms with Crippen LogP contribution in [-0.2, 0) is 38.6 Å². The lowest BCUT2D eigenvalue weighted by Crippen LogP contribution is -2.16. The zero-order valence-corrected chi connectivity index (χ0v) is 48.1. The third kappa shape index (κ3) is 9.92. The number of nitrogens with zero attached hydrogens (tertiary/aromatic N) is 5. The molecule has 15 rings (SSSR count). The second-order valence-corrected chi connectivity index (χ2v) is 23.2. The molecule has 3 saturated carbocycles. The fourth-order valence-corrected chi connectivity index (χ4v) is 14.6. The molecule has 1 amide bonds. The van der Waals surface area contributed by atoms with Crippen molar-refractivity contribution in [1.29, 1.82) is 0 Å². The molecule has 3 fully saturated rings. The van der Waals surface area contributed by atoms with Gasteiger partial charge in [-0.1, -0.05) is 88.1 Å². The molecule has 3 aliphatic carbocycles. The molecule has 0 radical (unpaired) electrons. The predicted molar refractivity (Wildman–Crippen MR) is 328 cm³/mol. The number of carbonyl (C=O) groups is 4. The predicted octanol–water partition coefficient (Wildman–Crippen LogP) is 15.8. The van der Waals surface area contributed by atoms with Gasteiger partial charge in [0.05, 0.1) is 78.3 Å². The van der Waals surface area contributed by atoms with Crippen LogP contribution in [0.1, 0.15) is 173 Å². The zero-order chi connectivity index (χ0) is 57.4. The molecule has 3 aliphatic heterocycles. The van der Waals surface area contributed by atoms with Crippen LogP contribution in [0.25, 0.3) is 78.8 Å². The molecule has 6 aromatic heterocycles. The largest absolute Gasteiger partial charge is 0.465 e. The van der Waals surface area contributed by atoms with Crippen molar-refractivity contribution in [3.63, 3.8) is 0 Å². The van der Waals surface area contributed by atoms with E-state index in [-0.39, 0.29) is 30.4 Å². The maximum atomic E-state index is 12.7. The van der Waals surface area contributed by atoms with Crippen molar-refractivity contribution in [2.75, 3.05) is 26.6 Å². The summed E-state index contributed by atoms with van der Waals surface area (Å²) >= 11 is 0. The summed E-state index contributed by atoms with van der Waals surface area (Å²) in [6, 6.07) is 27.7. The highest BCUT2D eigenvalue weighted by atomic mass is 16.5. The van der Waals surface area contributed by atoms with Crippen molar-refractivity contribution in [3.05, 3.63) is 161 Å². The van der Waals surface area contributed by atoms with Crippen LogP contribution in [0.3, 0.4) is 0 Å². The van der Waals surface area contributed by atoms with Crippen LogP contribution in [0.2, 0.25) is 0 Å². The standard InChI is InChI=1S/C24H24N2O2.C23H23N3O3.C23H23NO3/c1-28-24(27)17-11-12-19-21(15-17)26-14-6-10-20-18(9-5-13-25-20)23(26)22(19)16-7-3-2-4-8-16;1-29-23(28)15-9-10-16-18(12-15)26-13-19(27)25-17-8-5-11-24-21(17)22(26)20(16)14-6-3-2-4-7-14;1-26-23(25)16-9-10-17-19(14-16)24-12-5-8-20-18(11-13-27-20)22(24)21(17)15-6-3-2-4-7-15/h5-6,9-13,15-16H,2-4,7-8,14H2,1H3;5,8-12,14H,2-4,6-7,13H2,1H3,(H,25,27);5,8-11,13-15H,2-4,6-7,12H2,1H3. The number of carbonyl (C=O) groups excluding carboxylic acids is 4. The van der Waals surface area contributed by atoms with E-state index in [1.54, 1.807) is 12.5 Å². The van der Waals surface area contributed by atoms with E-state index in [4.69, 9.17) is 18.6 Å². The van der Waals surface area contributed by atoms with E-state index < -0.39 is 0 Å². The van der Waals surface area contributed by atoms with E-state index >= 15 is 0 Å². The Bertz CT molecular complexity index is 4090. The smallest absolute Gasteiger partial charge is 0.337 e. The van der Waals surface area contributed by atoms with Crippen LogP contribution in [0.5, 0.6) is 0 Å². The number of allylic oxidation sites excluding steroid dienone is 2. The molecule has 6 aliphatic rings. The first-order valence-corrected chi connectivity index (χ1v) is 30.1. The van der Waals surface area contributed by atoms with Gasteiger partial charge in [0.1, 0.15) is 18.0 Å². The molecule has 3 aromatic carbocycles. The number of fused-ring (bicyclic) bond motifs is 15. The number of nitrogens with one attached hydrogen (secondary N) is 1. The van der Waals surface area contributed by atoms with Crippen molar-refractivity contribution in [2.45, 2.75) is 134 Å². The third-order valence-corrected chi connectivity index (χ3v) is 18.4. The highest BCUT2D eigenvalue weighted by molar-refractivity contribution is 6.05. The highest BCUT2D eigenvalue weighted by Crippen LogP contribution is 2.49. The monoisotopic (exact) mass is 1120 g/mol. The summed E-state index contributed by atoms with van der Waals surface area (Å²) in [5.41, 5.74) is 17.3. The van der Waals surface area contributed by atoms with Crippen molar-refractivity contribution < 1.29 is 37.8 Å². The summed E-state index contributed by atoms with van der Waals surface area (Å²) in [5, 5.41) is 6.61. The molecule has 0 saturated heterocycles. The summed E-state index contributed by atoms with van der Waals surface area (Å²) in [6.07, 6.45) is 32.5. The molecule has 0 spiro atoms. The average Bonchev–Trinajstić information content (AvgIpc) is 2.32. The number of anilines is 1. The minimum absolute atomic E-state index is 0.0893. The van der Waals surface area contributed by atoms with E-state index in [0.29, 0.717) is 34.4 Å². The van der Waals surface area contributed by atoms with Gasteiger partial charge in [0, 0.05) is 63.8 Å². The summed E-state index contributed by atoms with van der Waals surface area (Å²) in [7, 11) is 4.24. The summed E-state index contributed by atoms with van der Waals surface area (Å²) in [4.78, 5) is 58.3. The third-order valence-electron chi connectivity index (χ3n) is 18.4. The molecule has 1 N–H and O–H groups in total. The first kappa shape index (κ1) is 54.5. The van der Waals surface area contributed by atoms with E-state index in [2.05, 4.69) is 73.0 Å². The van der Waals surface area contributed by atoms with Gasteiger partial charge in [0.2, 0.25) is 5.91 Å². The molecule has 0 unspecified atom stereocenters. The topological polar surface area (TPSA) is 162 Å². The number of rotatable bonds is 6. The van der Waals surface area contributed by atoms with Crippen LogP contribution in [0.4, 0.5) is 5.69 Å². The number of aromatic nitrogens is 5. The number of benzene rings is 3. The Balaban J connectivity index is 0.000000118. The molecular formula is C70H70N6O8. The average molecular weight is 1120 g/mol. The van der Waals surface area contributed by atoms with E-state index in [1.807, 2.05) is 71.4 Å². The Morgan fingerprint density at radius 2 is 0.988 bits per heavy atom. The van der Waals surface area contributed by atoms with Gasteiger partial charge in [-0.15, -0.1) is 0 Å². The molecule has 0 atom stereocenters. The minimum atomic E-state index is -0.377. The van der Waals surface area contributed by atoms with Crippen molar-refractivity contribution in [1.82, 2.24) is 23.7 Å². The van der Waals surface area contributed by atoms with Gasteiger partial charge in [0.15, 0.2) is 0 Å². The Labute approximate surface area is 488 Å². The Hall–Kier alpha value is -8.78. The Kier molecular flexibility index (Phi) is 15.2. The number of esters is 3. The van der Waals surface area contributed by atoms with Gasteiger partial charge < -0.3 is 37.6 Å². The van der Waals surface area contributed by atoms with Crippen molar-refractivity contribution >= 4 is 74.4 Å². The quantitative estimate of drug-likeness (QED) is 0.125. The number of hydrogen-bond donors (Lipinski definition) is 1. The maximum absolute atomic E-state index is 12.7. The number of amides is 1. The fourth-order valence-electron chi connectivity index (χ4n) is 14.6. The second kappa shape index (κ2) is 23.5. The van der Waals surface area contributed by atoms with Gasteiger partial charge >= 0.3 is 17.9 Å². The molecule has 14 heteroatoms. The number of pyridine rings is 2. The Morgan fingerprint density at radius 1 is 0.524 bits per heavy atom. The molecule has 428 valence electrons. The first-order chi connectivity index (χ1) is 41.2. The SMILES string of the molecule is COC(=O)c1ccc2c(C3CCCCC3)c3n(c2c1)CC(=O)Nc1cccnc1-3.COC(=O)c1ccc2c(C3CCCCC3)c3n(c2c1)CC=Cc1ncccc1-3.COC(=O)c1ccc2c(C3CCCCC3)c3n(c2c1)CC=Cc1occc1-3. The molecule has 84 heavy (non-hydrogen) atoms. The molecule has 14 nitrogen and oxygen atoms in total. The van der Waals surface area contributed by atoms with Crippen LogP contribution in [0, 0.1) is 0 Å². The second-order valence-electron chi connectivity index (χ2n) is 23.2. The Morgan fingerprint density at radius 3 is 1.51 bits per heavy atom. The van der Waals surface area contributed by atoms with Gasteiger partial charge in [-0.05, 0) is 152 Å². The van der Waals surface area contributed by atoms with E-state index in [0.717, 1.165) is 82.0 Å².